The van der Waals surface area contributed by atoms with Crippen molar-refractivity contribution < 1.29 is 13.9 Å². The minimum atomic E-state index is -0.731. The van der Waals surface area contributed by atoms with E-state index in [0.29, 0.717) is 5.16 Å². The molecule has 2 aromatic carbocycles. The van der Waals surface area contributed by atoms with Crippen LogP contribution in [0.2, 0.25) is 10.0 Å². The molecule has 0 aliphatic carbocycles. The van der Waals surface area contributed by atoms with Gasteiger partial charge >= 0.3 is 0 Å². The Kier molecular flexibility index (Phi) is 6.64. The fraction of sp³-hybridized carbons (Fsp3) is 0.105. The van der Waals surface area contributed by atoms with Crippen LogP contribution in [0.15, 0.2) is 41.7 Å². The van der Waals surface area contributed by atoms with Gasteiger partial charge in [-0.1, -0.05) is 41.0 Å². The number of hydrogen-bond acceptors (Lipinski definition) is 5. The minimum Gasteiger partial charge on any atom is -0.453 e. The largest absolute Gasteiger partial charge is 0.453 e. The number of halogens is 3. The van der Waals surface area contributed by atoms with Gasteiger partial charge < -0.3 is 15.0 Å². The SMILES string of the molecule is CSc1ncc(C(=O)NCc2ccc(Cl)c(Oc3cc(Cl)cc(C#N)c3)c2F)[nH]1. The smallest absolute Gasteiger partial charge is 0.269 e. The Hall–Kier alpha value is -2.73. The first kappa shape index (κ1) is 21.0. The molecule has 0 spiro atoms. The highest BCUT2D eigenvalue weighted by Gasteiger charge is 2.17. The molecule has 1 heterocycles. The van der Waals surface area contributed by atoms with E-state index in [-0.39, 0.29) is 44.9 Å². The third-order valence-electron chi connectivity index (χ3n) is 3.78. The van der Waals surface area contributed by atoms with Crippen LogP contribution < -0.4 is 10.1 Å². The monoisotopic (exact) mass is 450 g/mol. The molecule has 0 saturated carbocycles. The molecule has 0 unspecified atom stereocenters. The second-order valence-electron chi connectivity index (χ2n) is 5.73. The summed E-state index contributed by atoms with van der Waals surface area (Å²) < 4.78 is 20.5. The number of ether oxygens (including phenoxy) is 1. The summed E-state index contributed by atoms with van der Waals surface area (Å²) in [6.45, 7) is -0.0925. The fourth-order valence-corrected chi connectivity index (χ4v) is 3.18. The van der Waals surface area contributed by atoms with E-state index >= 15 is 0 Å². The van der Waals surface area contributed by atoms with Crippen molar-refractivity contribution in [1.29, 1.82) is 5.26 Å². The summed E-state index contributed by atoms with van der Waals surface area (Å²) in [5, 5.41) is 12.5. The molecule has 6 nitrogen and oxygen atoms in total. The number of nitriles is 1. The summed E-state index contributed by atoms with van der Waals surface area (Å²) in [6.07, 6.45) is 3.23. The van der Waals surface area contributed by atoms with Gasteiger partial charge in [0.1, 0.15) is 11.4 Å². The van der Waals surface area contributed by atoms with Gasteiger partial charge in [0.25, 0.3) is 5.91 Å². The van der Waals surface area contributed by atoms with Crippen LogP contribution in [0.5, 0.6) is 11.5 Å². The normalized spacial score (nSPS) is 10.4. The summed E-state index contributed by atoms with van der Waals surface area (Å²) in [5.74, 6) is -1.22. The highest BCUT2D eigenvalue weighted by atomic mass is 35.5. The zero-order valence-electron chi connectivity index (χ0n) is 14.9. The maximum absolute atomic E-state index is 14.9. The van der Waals surface area contributed by atoms with Crippen LogP contribution in [-0.2, 0) is 6.54 Å². The Morgan fingerprint density at radius 1 is 1.38 bits per heavy atom. The maximum atomic E-state index is 14.9. The van der Waals surface area contributed by atoms with E-state index in [2.05, 4.69) is 15.3 Å². The van der Waals surface area contributed by atoms with Crippen LogP contribution in [0.3, 0.4) is 0 Å². The lowest BCUT2D eigenvalue weighted by Crippen LogP contribution is -2.23. The topological polar surface area (TPSA) is 90.8 Å². The number of H-pyrrole nitrogens is 1. The molecular weight excluding hydrogens is 438 g/mol. The van der Waals surface area contributed by atoms with Crippen LogP contribution >= 0.6 is 35.0 Å². The van der Waals surface area contributed by atoms with Gasteiger partial charge in [-0.2, -0.15) is 5.26 Å². The van der Waals surface area contributed by atoms with Crippen molar-refractivity contribution in [2.24, 2.45) is 0 Å². The fourth-order valence-electron chi connectivity index (χ4n) is 2.40. The van der Waals surface area contributed by atoms with Crippen LogP contribution in [0.25, 0.3) is 0 Å². The van der Waals surface area contributed by atoms with Crippen molar-refractivity contribution in [2.75, 3.05) is 6.26 Å². The molecule has 29 heavy (non-hydrogen) atoms. The summed E-state index contributed by atoms with van der Waals surface area (Å²) in [5.41, 5.74) is 0.699. The number of carbonyl (C=O) groups is 1. The molecule has 0 saturated heterocycles. The molecule has 2 N–H and O–H groups in total. The number of benzene rings is 2. The number of aromatic amines is 1. The van der Waals surface area contributed by atoms with E-state index in [4.69, 9.17) is 33.2 Å². The van der Waals surface area contributed by atoms with Gasteiger partial charge in [-0.15, -0.1) is 0 Å². The lowest BCUT2D eigenvalue weighted by molar-refractivity contribution is 0.0945. The van der Waals surface area contributed by atoms with E-state index in [1.54, 1.807) is 0 Å². The lowest BCUT2D eigenvalue weighted by atomic mass is 10.2. The van der Waals surface area contributed by atoms with Crippen molar-refractivity contribution >= 4 is 40.9 Å². The quantitative estimate of drug-likeness (QED) is 0.505. The number of nitrogens with zero attached hydrogens (tertiary/aromatic N) is 2. The maximum Gasteiger partial charge on any atom is 0.269 e. The third kappa shape index (κ3) is 5.01. The van der Waals surface area contributed by atoms with E-state index in [9.17, 15) is 9.18 Å². The summed E-state index contributed by atoms with van der Waals surface area (Å²) in [6, 6.07) is 9.15. The average molecular weight is 451 g/mol. The average Bonchev–Trinajstić information content (AvgIpc) is 3.19. The van der Waals surface area contributed by atoms with Crippen LogP contribution in [0.4, 0.5) is 4.39 Å². The number of rotatable bonds is 6. The highest BCUT2D eigenvalue weighted by molar-refractivity contribution is 7.98. The zero-order valence-corrected chi connectivity index (χ0v) is 17.3. The van der Waals surface area contributed by atoms with Gasteiger partial charge in [-0.25, -0.2) is 9.37 Å². The molecule has 0 radical (unpaired) electrons. The highest BCUT2D eigenvalue weighted by Crippen LogP contribution is 2.35. The van der Waals surface area contributed by atoms with Crippen molar-refractivity contribution in [3.63, 3.8) is 0 Å². The number of amides is 1. The number of nitrogens with one attached hydrogen (secondary N) is 2. The van der Waals surface area contributed by atoms with Gasteiger partial charge in [-0.3, -0.25) is 4.79 Å². The lowest BCUT2D eigenvalue weighted by Gasteiger charge is -2.13. The van der Waals surface area contributed by atoms with Gasteiger partial charge in [0.05, 0.1) is 22.9 Å². The van der Waals surface area contributed by atoms with Crippen molar-refractivity contribution in [1.82, 2.24) is 15.3 Å². The van der Waals surface area contributed by atoms with Crippen LogP contribution in [-0.4, -0.2) is 22.1 Å². The zero-order chi connectivity index (χ0) is 21.0. The Bertz CT molecular complexity index is 1110. The molecule has 1 amide bonds. The van der Waals surface area contributed by atoms with Gasteiger partial charge in [0.15, 0.2) is 16.7 Å². The molecule has 0 aliphatic rings. The first-order valence-corrected chi connectivity index (χ1v) is 10.1. The summed E-state index contributed by atoms with van der Waals surface area (Å²) in [7, 11) is 0. The minimum absolute atomic E-state index is 0.0363. The van der Waals surface area contributed by atoms with E-state index in [0.717, 1.165) is 0 Å². The number of thioether (sulfide) groups is 1. The van der Waals surface area contributed by atoms with E-state index < -0.39 is 11.7 Å². The third-order valence-corrected chi connectivity index (χ3v) is 4.89. The van der Waals surface area contributed by atoms with Gasteiger partial charge in [0.2, 0.25) is 0 Å². The molecule has 3 aromatic rings. The Labute approximate surface area is 180 Å². The van der Waals surface area contributed by atoms with E-state index in [1.165, 1.54) is 48.3 Å². The Morgan fingerprint density at radius 3 is 2.86 bits per heavy atom. The first-order chi connectivity index (χ1) is 13.9. The standard InChI is InChI=1S/C19H13Cl2FN4O2S/c1-29-19-25-9-15(26-19)18(27)24-8-11-2-3-14(21)17(16(11)22)28-13-5-10(7-23)4-12(20)6-13/h2-6,9H,8H2,1H3,(H,24,27)(H,25,26). The molecular formula is C19H13Cl2FN4O2S. The Morgan fingerprint density at radius 2 is 2.17 bits per heavy atom. The molecule has 0 aliphatic heterocycles. The van der Waals surface area contributed by atoms with Gasteiger partial charge in [0, 0.05) is 17.1 Å². The second-order valence-corrected chi connectivity index (χ2v) is 7.37. The molecule has 10 heteroatoms. The second kappa shape index (κ2) is 9.18. The first-order valence-electron chi connectivity index (χ1n) is 8.14. The van der Waals surface area contributed by atoms with Crippen molar-refractivity contribution in [2.45, 2.75) is 11.7 Å². The molecule has 148 valence electrons. The Balaban J connectivity index is 1.79. The van der Waals surface area contributed by atoms with Crippen LogP contribution in [0, 0.1) is 17.1 Å². The van der Waals surface area contributed by atoms with Crippen LogP contribution in [0.1, 0.15) is 21.6 Å². The van der Waals surface area contributed by atoms with Crippen molar-refractivity contribution in [3.8, 4) is 17.6 Å². The molecule has 1 aromatic heterocycles. The molecule has 0 fully saturated rings. The predicted molar refractivity (Wildman–Crippen MR) is 109 cm³/mol. The summed E-state index contributed by atoms with van der Waals surface area (Å²) in [4.78, 5) is 19.1. The molecule has 0 bridgehead atoms. The molecule has 0 atom stereocenters. The van der Waals surface area contributed by atoms with Crippen molar-refractivity contribution in [3.05, 3.63) is 69.2 Å². The van der Waals surface area contributed by atoms with E-state index in [1.807, 2.05) is 12.3 Å². The number of imidazole rings is 1. The predicted octanol–water partition coefficient (Wildman–Crippen LogP) is 5.17. The van der Waals surface area contributed by atoms with Gasteiger partial charge in [-0.05, 0) is 30.5 Å². The summed E-state index contributed by atoms with van der Waals surface area (Å²) >= 11 is 13.4. The number of carbonyl (C=O) groups excluding carboxylic acids is 1. The molecule has 3 rings (SSSR count). The number of aromatic nitrogens is 2. The number of hydrogen-bond donors (Lipinski definition) is 2.